The van der Waals surface area contributed by atoms with Gasteiger partial charge in [0.05, 0.1) is 0 Å². The zero-order chi connectivity index (χ0) is 11.9. The molecule has 0 atom stereocenters. The molecule has 16 heavy (non-hydrogen) atoms. The van der Waals surface area contributed by atoms with Crippen LogP contribution >= 0.6 is 11.8 Å². The van der Waals surface area contributed by atoms with Gasteiger partial charge in [-0.25, -0.2) is 0 Å². The second-order valence-electron chi connectivity index (χ2n) is 4.87. The molecule has 0 aliphatic carbocycles. The molecule has 0 radical (unpaired) electrons. The van der Waals surface area contributed by atoms with Gasteiger partial charge in [0, 0.05) is 38.6 Å². The van der Waals surface area contributed by atoms with Crippen molar-refractivity contribution in [3.8, 4) is 0 Å². The number of hydrogen-bond acceptors (Lipinski definition) is 4. The Bertz CT molecular complexity index is 178. The normalized spacial score (nSPS) is 20.2. The largest absolute Gasteiger partial charge is 0.381 e. The fourth-order valence-electron chi connectivity index (χ4n) is 2.47. The molecule has 0 spiro atoms. The van der Waals surface area contributed by atoms with Crippen molar-refractivity contribution < 1.29 is 4.74 Å². The predicted octanol–water partition coefficient (Wildman–Crippen LogP) is 1.30. The van der Waals surface area contributed by atoms with Crippen LogP contribution in [-0.4, -0.2) is 63.9 Å². The Morgan fingerprint density at radius 3 is 2.62 bits per heavy atom. The molecule has 1 saturated heterocycles. The molecule has 1 heterocycles. The molecule has 0 saturated carbocycles. The smallest absolute Gasteiger partial charge is 0.0472 e. The zero-order valence-electron chi connectivity index (χ0n) is 10.9. The van der Waals surface area contributed by atoms with Gasteiger partial charge in [0.1, 0.15) is 0 Å². The summed E-state index contributed by atoms with van der Waals surface area (Å²) in [5, 5.41) is 3.35. The van der Waals surface area contributed by atoms with Crippen molar-refractivity contribution in [2.24, 2.45) is 5.41 Å². The lowest BCUT2D eigenvalue weighted by molar-refractivity contribution is 0.00113. The first kappa shape index (κ1) is 14.3. The monoisotopic (exact) mass is 246 g/mol. The number of rotatable bonds is 7. The van der Waals surface area contributed by atoms with Gasteiger partial charge in [-0.05, 0) is 38.6 Å². The Labute approximate surface area is 104 Å². The van der Waals surface area contributed by atoms with E-state index in [0.29, 0.717) is 5.41 Å². The second kappa shape index (κ2) is 7.54. The highest BCUT2D eigenvalue weighted by molar-refractivity contribution is 7.98. The number of nitrogens with one attached hydrogen (secondary N) is 1. The fraction of sp³-hybridized carbons (Fsp3) is 1.00. The Morgan fingerprint density at radius 2 is 2.06 bits per heavy atom. The van der Waals surface area contributed by atoms with E-state index in [-0.39, 0.29) is 0 Å². The van der Waals surface area contributed by atoms with Crippen LogP contribution in [0.3, 0.4) is 0 Å². The summed E-state index contributed by atoms with van der Waals surface area (Å²) in [6.07, 6.45) is 4.56. The summed E-state index contributed by atoms with van der Waals surface area (Å²) in [5.74, 6) is 1.22. The maximum atomic E-state index is 5.48. The molecule has 1 rings (SSSR count). The van der Waals surface area contributed by atoms with Crippen LogP contribution in [0.1, 0.15) is 12.8 Å². The van der Waals surface area contributed by atoms with Crippen molar-refractivity contribution in [1.29, 1.82) is 0 Å². The molecule has 3 nitrogen and oxygen atoms in total. The molecule has 1 fully saturated rings. The zero-order valence-corrected chi connectivity index (χ0v) is 11.7. The van der Waals surface area contributed by atoms with Gasteiger partial charge in [0.2, 0.25) is 0 Å². The average Bonchev–Trinajstić information content (AvgIpc) is 2.28. The summed E-state index contributed by atoms with van der Waals surface area (Å²) in [6.45, 7) is 5.35. The first-order valence-corrected chi connectivity index (χ1v) is 7.52. The lowest BCUT2D eigenvalue weighted by atomic mass is 9.79. The van der Waals surface area contributed by atoms with E-state index in [2.05, 4.69) is 30.6 Å². The number of hydrogen-bond donors (Lipinski definition) is 1. The summed E-state index contributed by atoms with van der Waals surface area (Å²) < 4.78 is 5.48. The van der Waals surface area contributed by atoms with Gasteiger partial charge < -0.3 is 15.0 Å². The summed E-state index contributed by atoms with van der Waals surface area (Å²) in [5.41, 5.74) is 0.431. The highest BCUT2D eigenvalue weighted by atomic mass is 32.2. The van der Waals surface area contributed by atoms with Crippen molar-refractivity contribution in [3.05, 3.63) is 0 Å². The van der Waals surface area contributed by atoms with Gasteiger partial charge >= 0.3 is 0 Å². The third-order valence-corrected chi connectivity index (χ3v) is 3.98. The lowest BCUT2D eigenvalue weighted by Gasteiger charge is -2.40. The quantitative estimate of drug-likeness (QED) is 0.732. The Hall–Kier alpha value is 0.230. The summed E-state index contributed by atoms with van der Waals surface area (Å²) in [4.78, 5) is 2.47. The van der Waals surface area contributed by atoms with Crippen molar-refractivity contribution in [2.45, 2.75) is 12.8 Å². The van der Waals surface area contributed by atoms with Crippen LogP contribution in [0.25, 0.3) is 0 Å². The van der Waals surface area contributed by atoms with E-state index in [1.165, 1.54) is 31.7 Å². The van der Waals surface area contributed by atoms with Crippen LogP contribution in [0.4, 0.5) is 0 Å². The van der Waals surface area contributed by atoms with E-state index in [1.807, 2.05) is 11.8 Å². The van der Waals surface area contributed by atoms with E-state index < -0.39 is 0 Å². The molecule has 0 aromatic heterocycles. The molecular formula is C12H26N2OS. The van der Waals surface area contributed by atoms with Crippen LogP contribution in [0.15, 0.2) is 0 Å². The molecule has 96 valence electrons. The van der Waals surface area contributed by atoms with Gasteiger partial charge in [0.15, 0.2) is 0 Å². The third kappa shape index (κ3) is 4.62. The summed E-state index contributed by atoms with van der Waals surface area (Å²) in [7, 11) is 4.29. The Balaban J connectivity index is 2.42. The lowest BCUT2D eigenvalue weighted by Crippen LogP contribution is -2.46. The molecule has 1 N–H and O–H groups in total. The SMILES string of the molecule is CNCC1(CN(C)CCSC)CCOCC1. The highest BCUT2D eigenvalue weighted by Gasteiger charge is 2.32. The van der Waals surface area contributed by atoms with Crippen LogP contribution in [0, 0.1) is 5.41 Å². The minimum absolute atomic E-state index is 0.431. The van der Waals surface area contributed by atoms with Crippen LogP contribution in [0.2, 0.25) is 0 Å². The van der Waals surface area contributed by atoms with E-state index in [0.717, 1.165) is 19.8 Å². The first-order valence-electron chi connectivity index (χ1n) is 6.12. The second-order valence-corrected chi connectivity index (χ2v) is 5.86. The van der Waals surface area contributed by atoms with Crippen molar-refractivity contribution in [2.75, 3.05) is 59.0 Å². The third-order valence-electron chi connectivity index (χ3n) is 3.39. The minimum atomic E-state index is 0.431. The topological polar surface area (TPSA) is 24.5 Å². The molecular weight excluding hydrogens is 220 g/mol. The van der Waals surface area contributed by atoms with Crippen molar-refractivity contribution >= 4 is 11.8 Å². The minimum Gasteiger partial charge on any atom is -0.381 e. The number of ether oxygens (including phenoxy) is 1. The van der Waals surface area contributed by atoms with Crippen molar-refractivity contribution in [3.63, 3.8) is 0 Å². The van der Waals surface area contributed by atoms with Crippen LogP contribution in [0.5, 0.6) is 0 Å². The average molecular weight is 246 g/mol. The predicted molar refractivity (Wildman–Crippen MR) is 72.3 cm³/mol. The molecule has 1 aliphatic heterocycles. The molecule has 0 amide bonds. The molecule has 0 aromatic carbocycles. The highest BCUT2D eigenvalue weighted by Crippen LogP contribution is 2.30. The first-order chi connectivity index (χ1) is 7.72. The van der Waals surface area contributed by atoms with E-state index in [4.69, 9.17) is 4.74 Å². The van der Waals surface area contributed by atoms with E-state index in [9.17, 15) is 0 Å². The molecule has 4 heteroatoms. The summed E-state index contributed by atoms with van der Waals surface area (Å²) in [6, 6.07) is 0. The maximum absolute atomic E-state index is 5.48. The van der Waals surface area contributed by atoms with E-state index in [1.54, 1.807) is 0 Å². The van der Waals surface area contributed by atoms with Gasteiger partial charge in [-0.1, -0.05) is 0 Å². The number of thioether (sulfide) groups is 1. The Kier molecular flexibility index (Phi) is 6.73. The van der Waals surface area contributed by atoms with E-state index >= 15 is 0 Å². The van der Waals surface area contributed by atoms with Gasteiger partial charge in [-0.3, -0.25) is 0 Å². The van der Waals surface area contributed by atoms with Crippen LogP contribution in [-0.2, 0) is 4.74 Å². The maximum Gasteiger partial charge on any atom is 0.0472 e. The summed E-state index contributed by atoms with van der Waals surface area (Å²) >= 11 is 1.92. The molecule has 0 aromatic rings. The van der Waals surface area contributed by atoms with Gasteiger partial charge in [-0.2, -0.15) is 11.8 Å². The van der Waals surface area contributed by atoms with Gasteiger partial charge in [0.25, 0.3) is 0 Å². The fourth-order valence-corrected chi connectivity index (χ4v) is 2.96. The Morgan fingerprint density at radius 1 is 1.38 bits per heavy atom. The van der Waals surface area contributed by atoms with Crippen molar-refractivity contribution in [1.82, 2.24) is 10.2 Å². The standard InChI is InChI=1S/C12H26N2OS/c1-13-10-12(4-7-15-8-5-12)11-14(2)6-9-16-3/h13H,4-11H2,1-3H3. The molecule has 1 aliphatic rings. The number of nitrogens with zero attached hydrogens (tertiary/aromatic N) is 1. The molecule has 0 bridgehead atoms. The molecule has 0 unspecified atom stereocenters. The van der Waals surface area contributed by atoms with Gasteiger partial charge in [-0.15, -0.1) is 0 Å². The van der Waals surface area contributed by atoms with Crippen LogP contribution < -0.4 is 5.32 Å².